The molecule has 0 radical (unpaired) electrons. The first-order valence-electron chi connectivity index (χ1n) is 4.84. The molecule has 0 unspecified atom stereocenters. The molecule has 0 aliphatic rings. The Morgan fingerprint density at radius 3 is 2.81 bits per heavy atom. The second-order valence-corrected chi connectivity index (χ2v) is 5.33. The van der Waals surface area contributed by atoms with E-state index in [4.69, 9.17) is 0 Å². The molecule has 2 aromatic rings. The molecule has 0 aliphatic heterocycles. The highest BCUT2D eigenvalue weighted by Crippen LogP contribution is 2.18. The standard InChI is InChI=1S/C12H10BrNOS/c1-8-4-5-16-12(8)11(15)6-10-3-2-9(13)7-14-10/h2-5,7H,6H2,1H3. The number of rotatable bonds is 3. The SMILES string of the molecule is Cc1ccsc1C(=O)Cc1ccc(Br)cn1. The van der Waals surface area contributed by atoms with Crippen molar-refractivity contribution in [3.05, 3.63) is 50.4 Å². The maximum absolute atomic E-state index is 11.9. The van der Waals surface area contributed by atoms with Crippen molar-refractivity contribution < 1.29 is 4.79 Å². The summed E-state index contributed by atoms with van der Waals surface area (Å²) >= 11 is 4.81. The van der Waals surface area contributed by atoms with E-state index in [0.29, 0.717) is 6.42 Å². The quantitative estimate of drug-likeness (QED) is 0.809. The highest BCUT2D eigenvalue weighted by molar-refractivity contribution is 9.10. The van der Waals surface area contributed by atoms with Crippen LogP contribution in [0.25, 0.3) is 0 Å². The average Bonchev–Trinajstić information content (AvgIpc) is 2.68. The Morgan fingerprint density at radius 2 is 2.25 bits per heavy atom. The van der Waals surface area contributed by atoms with Crippen LogP contribution in [-0.4, -0.2) is 10.8 Å². The van der Waals surface area contributed by atoms with Crippen LogP contribution in [0.1, 0.15) is 20.9 Å². The molecule has 0 fully saturated rings. The predicted molar refractivity (Wildman–Crippen MR) is 69.0 cm³/mol. The first-order valence-corrected chi connectivity index (χ1v) is 6.52. The van der Waals surface area contributed by atoms with Crippen molar-refractivity contribution in [2.24, 2.45) is 0 Å². The minimum absolute atomic E-state index is 0.141. The second kappa shape index (κ2) is 4.89. The molecular formula is C12H10BrNOS. The van der Waals surface area contributed by atoms with Gasteiger partial charge in [-0.15, -0.1) is 11.3 Å². The number of pyridine rings is 1. The van der Waals surface area contributed by atoms with Crippen LogP contribution in [0, 0.1) is 6.92 Å². The summed E-state index contributed by atoms with van der Waals surface area (Å²) in [5.41, 5.74) is 1.85. The molecule has 4 heteroatoms. The number of aryl methyl sites for hydroxylation is 1. The lowest BCUT2D eigenvalue weighted by Crippen LogP contribution is -2.04. The zero-order valence-electron chi connectivity index (χ0n) is 8.74. The Bertz CT molecular complexity index is 504. The van der Waals surface area contributed by atoms with Gasteiger partial charge in [0, 0.05) is 16.4 Å². The summed E-state index contributed by atoms with van der Waals surface area (Å²) in [6, 6.07) is 5.73. The molecule has 0 atom stereocenters. The third-order valence-corrected chi connectivity index (χ3v) is 3.77. The number of carbonyl (C=O) groups is 1. The Balaban J connectivity index is 2.14. The van der Waals surface area contributed by atoms with Gasteiger partial charge in [0.1, 0.15) is 0 Å². The average molecular weight is 296 g/mol. The fourth-order valence-electron chi connectivity index (χ4n) is 1.41. The highest BCUT2D eigenvalue weighted by Gasteiger charge is 2.11. The molecule has 2 nitrogen and oxygen atoms in total. The molecular weight excluding hydrogens is 286 g/mol. The fraction of sp³-hybridized carbons (Fsp3) is 0.167. The van der Waals surface area contributed by atoms with Gasteiger partial charge in [0.2, 0.25) is 0 Å². The summed E-state index contributed by atoms with van der Waals surface area (Å²) in [7, 11) is 0. The summed E-state index contributed by atoms with van der Waals surface area (Å²) in [6.07, 6.45) is 2.08. The number of halogens is 1. The Labute approximate surface area is 106 Å². The highest BCUT2D eigenvalue weighted by atomic mass is 79.9. The smallest absolute Gasteiger partial charge is 0.178 e. The monoisotopic (exact) mass is 295 g/mol. The molecule has 2 heterocycles. The minimum atomic E-state index is 0.141. The number of thiophene rings is 1. The molecule has 0 aliphatic carbocycles. The molecule has 2 rings (SSSR count). The van der Waals surface area contributed by atoms with Crippen LogP contribution in [0.2, 0.25) is 0 Å². The van der Waals surface area contributed by atoms with Gasteiger partial charge < -0.3 is 0 Å². The van der Waals surface area contributed by atoms with Gasteiger partial charge in [-0.3, -0.25) is 9.78 Å². The van der Waals surface area contributed by atoms with E-state index in [-0.39, 0.29) is 5.78 Å². The van der Waals surface area contributed by atoms with Crippen molar-refractivity contribution >= 4 is 33.0 Å². The van der Waals surface area contributed by atoms with E-state index in [0.717, 1.165) is 20.6 Å². The summed E-state index contributed by atoms with van der Waals surface area (Å²) in [4.78, 5) is 17.0. The van der Waals surface area contributed by atoms with Crippen LogP contribution in [0.5, 0.6) is 0 Å². The third-order valence-electron chi connectivity index (χ3n) is 2.25. The molecule has 0 saturated heterocycles. The predicted octanol–water partition coefficient (Wildman–Crippen LogP) is 3.64. The first kappa shape index (κ1) is 11.5. The van der Waals surface area contributed by atoms with E-state index in [1.165, 1.54) is 11.3 Å². The van der Waals surface area contributed by atoms with E-state index >= 15 is 0 Å². The summed E-state index contributed by atoms with van der Waals surface area (Å²) in [5, 5.41) is 1.94. The first-order chi connectivity index (χ1) is 7.66. The third kappa shape index (κ3) is 2.57. The van der Waals surface area contributed by atoms with Crippen molar-refractivity contribution in [2.75, 3.05) is 0 Å². The van der Waals surface area contributed by atoms with Crippen molar-refractivity contribution in [1.82, 2.24) is 4.98 Å². The van der Waals surface area contributed by atoms with Crippen LogP contribution in [0.4, 0.5) is 0 Å². The summed E-state index contributed by atoms with van der Waals surface area (Å²) in [6.45, 7) is 1.96. The molecule has 0 saturated carbocycles. The van der Waals surface area contributed by atoms with Gasteiger partial charge in [-0.25, -0.2) is 0 Å². The molecule has 0 spiro atoms. The van der Waals surface area contributed by atoms with Crippen LogP contribution < -0.4 is 0 Å². The van der Waals surface area contributed by atoms with Crippen LogP contribution in [0.15, 0.2) is 34.2 Å². The van der Waals surface area contributed by atoms with Crippen LogP contribution >= 0.6 is 27.3 Å². The topological polar surface area (TPSA) is 30.0 Å². The Hall–Kier alpha value is -1.00. The molecule has 0 bridgehead atoms. The van der Waals surface area contributed by atoms with Gasteiger partial charge in [0.05, 0.1) is 11.3 Å². The van der Waals surface area contributed by atoms with E-state index < -0.39 is 0 Å². The van der Waals surface area contributed by atoms with Crippen LogP contribution in [-0.2, 0) is 6.42 Å². The number of aromatic nitrogens is 1. The van der Waals surface area contributed by atoms with Gasteiger partial charge in [-0.1, -0.05) is 0 Å². The minimum Gasteiger partial charge on any atom is -0.293 e. The van der Waals surface area contributed by atoms with Crippen molar-refractivity contribution in [3.63, 3.8) is 0 Å². The van der Waals surface area contributed by atoms with Crippen molar-refractivity contribution in [2.45, 2.75) is 13.3 Å². The maximum atomic E-state index is 11.9. The molecule has 0 N–H and O–H groups in total. The molecule has 0 amide bonds. The maximum Gasteiger partial charge on any atom is 0.178 e. The largest absolute Gasteiger partial charge is 0.293 e. The van der Waals surface area contributed by atoms with Crippen LogP contribution in [0.3, 0.4) is 0 Å². The molecule has 0 aromatic carbocycles. The summed E-state index contributed by atoms with van der Waals surface area (Å²) < 4.78 is 0.927. The molecule has 2 aromatic heterocycles. The summed E-state index contributed by atoms with van der Waals surface area (Å²) in [5.74, 6) is 0.141. The van der Waals surface area contributed by atoms with E-state index in [2.05, 4.69) is 20.9 Å². The number of ketones is 1. The van der Waals surface area contributed by atoms with Crippen molar-refractivity contribution in [1.29, 1.82) is 0 Å². The normalized spacial score (nSPS) is 10.4. The Kier molecular flexibility index (Phi) is 3.51. The zero-order valence-corrected chi connectivity index (χ0v) is 11.1. The Morgan fingerprint density at radius 1 is 1.44 bits per heavy atom. The number of Topliss-reactive ketones (excluding diaryl/α,β-unsaturated/α-hetero) is 1. The van der Waals surface area contributed by atoms with E-state index in [1.54, 1.807) is 6.20 Å². The lowest BCUT2D eigenvalue weighted by molar-refractivity contribution is 0.0995. The van der Waals surface area contributed by atoms with Gasteiger partial charge in [0.15, 0.2) is 5.78 Å². The van der Waals surface area contributed by atoms with Crippen molar-refractivity contribution in [3.8, 4) is 0 Å². The van der Waals surface area contributed by atoms with Gasteiger partial charge >= 0.3 is 0 Å². The number of hydrogen-bond donors (Lipinski definition) is 0. The van der Waals surface area contributed by atoms with Gasteiger partial charge in [-0.2, -0.15) is 0 Å². The molecule has 16 heavy (non-hydrogen) atoms. The van der Waals surface area contributed by atoms with E-state index in [9.17, 15) is 4.79 Å². The van der Waals surface area contributed by atoms with Gasteiger partial charge in [-0.05, 0) is 52.0 Å². The number of carbonyl (C=O) groups excluding carboxylic acids is 1. The van der Waals surface area contributed by atoms with Gasteiger partial charge in [0.25, 0.3) is 0 Å². The number of hydrogen-bond acceptors (Lipinski definition) is 3. The van der Waals surface area contributed by atoms with E-state index in [1.807, 2.05) is 30.5 Å². The fourth-order valence-corrected chi connectivity index (χ4v) is 2.51. The lowest BCUT2D eigenvalue weighted by Gasteiger charge is -2.00. The second-order valence-electron chi connectivity index (χ2n) is 3.50. The number of nitrogens with zero attached hydrogens (tertiary/aromatic N) is 1. The molecule has 82 valence electrons. The lowest BCUT2D eigenvalue weighted by atomic mass is 10.1. The zero-order chi connectivity index (χ0) is 11.5.